The summed E-state index contributed by atoms with van der Waals surface area (Å²) in [5, 5.41) is 18.4. The molecule has 0 bridgehead atoms. The summed E-state index contributed by atoms with van der Waals surface area (Å²) in [6.45, 7) is 63.7. The highest BCUT2D eigenvalue weighted by atomic mass is 32.1. The first-order valence-corrected chi connectivity index (χ1v) is 32.9. The van der Waals surface area contributed by atoms with Gasteiger partial charge in [-0.3, -0.25) is 9.97 Å². The smallest absolute Gasteiger partial charge is 0.199 e. The first kappa shape index (κ1) is 77.8. The normalized spacial score (nSPS) is 11.9. The lowest BCUT2D eigenvalue weighted by Crippen LogP contribution is -2.13. The molecule has 85 heavy (non-hydrogen) atoms. The van der Waals surface area contributed by atoms with E-state index in [4.69, 9.17) is 13.4 Å². The molecule has 9 heterocycles. The van der Waals surface area contributed by atoms with Crippen molar-refractivity contribution in [2.75, 3.05) is 0 Å². The van der Waals surface area contributed by atoms with Gasteiger partial charge in [-0.15, -0.1) is 39.1 Å². The van der Waals surface area contributed by atoms with Gasteiger partial charge in [0, 0.05) is 101 Å². The van der Waals surface area contributed by atoms with Crippen LogP contribution in [0.2, 0.25) is 0 Å². The van der Waals surface area contributed by atoms with E-state index >= 15 is 0 Å². The van der Waals surface area contributed by atoms with Gasteiger partial charge in [-0.2, -0.15) is 4.37 Å². The zero-order valence-corrected chi connectivity index (χ0v) is 61.4. The van der Waals surface area contributed by atoms with Gasteiger partial charge in [0.05, 0.1) is 61.3 Å². The zero-order chi connectivity index (χ0) is 65.5. The van der Waals surface area contributed by atoms with Crippen molar-refractivity contribution < 1.29 is 13.4 Å². The lowest BCUT2D eigenvalue weighted by molar-refractivity contribution is 0.327. The third-order valence-corrected chi connectivity index (χ3v) is 16.0. The average molecular weight is 1260 g/mol. The van der Waals surface area contributed by atoms with Gasteiger partial charge in [-0.05, 0) is 55.3 Å². The first-order chi connectivity index (χ1) is 38.6. The van der Waals surface area contributed by atoms with E-state index in [-0.39, 0.29) is 48.7 Å². The van der Waals surface area contributed by atoms with E-state index in [1.807, 2.05) is 49.3 Å². The van der Waals surface area contributed by atoms with Crippen molar-refractivity contribution in [3.63, 3.8) is 0 Å². The minimum absolute atomic E-state index is 0.0451. The van der Waals surface area contributed by atoms with Crippen LogP contribution in [-0.4, -0.2) is 54.0 Å². The Morgan fingerprint density at radius 2 is 1.06 bits per heavy atom. The summed E-state index contributed by atoms with van der Waals surface area (Å²) < 4.78 is 23.4. The standard InChI is InChI=1S/C8H12N2.C8H13NO.C8H13NS.C7H12N2S.2C7H11NO.3C7H11NS/c1-8(2,3)7-6-9-4-5-10-7;1-6-5-7(10-9-6)8(2,3)4;1-6-5-10-7(9-6)8(2,3)4;1-5-6(7(2,3)4)10-9-8-5;1-7(2,3)6-4-8-5-9-6;1-7(2,3)6-8-4-5-9-6;1-7(2,3)6-4-9-5-8-6;1-7(2,3)6-8-4-5-9-6;1-7(2,3)6-4-5-9-8-6/h4-6H,1-3H3;2*5H,1-4H3;1-4H3;5*4-5H,1-3H3. The number of hydrogen-bond acceptors (Lipinski definition) is 19. The summed E-state index contributed by atoms with van der Waals surface area (Å²) in [6.07, 6.45) is 13.5. The molecule has 14 nitrogen and oxygen atoms in total. The van der Waals surface area contributed by atoms with Gasteiger partial charge in [0.15, 0.2) is 12.3 Å². The van der Waals surface area contributed by atoms with Crippen molar-refractivity contribution in [2.24, 2.45) is 0 Å². The first-order valence-electron chi connectivity index (χ1n) is 28.6. The molecule has 0 radical (unpaired) electrons. The Labute approximate surface area is 532 Å². The number of hydrogen-bond donors (Lipinski definition) is 0. The minimum Gasteiger partial charge on any atom is -0.448 e. The van der Waals surface area contributed by atoms with Crippen molar-refractivity contribution in [3.8, 4) is 0 Å². The molecule has 0 unspecified atom stereocenters. The van der Waals surface area contributed by atoms with Crippen molar-refractivity contribution in [1.29, 1.82) is 0 Å². The molecule has 9 aromatic rings. The van der Waals surface area contributed by atoms with Gasteiger partial charge < -0.3 is 13.4 Å². The van der Waals surface area contributed by atoms with E-state index < -0.39 is 0 Å². The van der Waals surface area contributed by atoms with Crippen molar-refractivity contribution in [2.45, 2.75) is 256 Å². The van der Waals surface area contributed by atoms with Crippen molar-refractivity contribution >= 4 is 57.1 Å². The molecule has 0 saturated carbocycles. The Hall–Kier alpha value is -5.21. The van der Waals surface area contributed by atoms with Crippen LogP contribution in [-0.2, 0) is 48.7 Å². The Kier molecular flexibility index (Phi) is 30.9. The van der Waals surface area contributed by atoms with Crippen LogP contribution in [0.1, 0.15) is 253 Å². The largest absolute Gasteiger partial charge is 0.448 e. The molecule has 0 amide bonds. The molecular formula is C66H105N11O3S5. The van der Waals surface area contributed by atoms with Crippen molar-refractivity contribution in [3.05, 3.63) is 155 Å². The Morgan fingerprint density at radius 1 is 0.459 bits per heavy atom. The number of aryl methyl sites for hydroxylation is 3. The highest BCUT2D eigenvalue weighted by Gasteiger charge is 2.22. The molecule has 0 N–H and O–H groups in total. The summed E-state index contributed by atoms with van der Waals surface area (Å²) in [5.41, 5.74) is 9.88. The van der Waals surface area contributed by atoms with E-state index in [1.165, 1.54) is 55.7 Å². The lowest BCUT2D eigenvalue weighted by Gasteiger charge is -2.15. The van der Waals surface area contributed by atoms with Crippen LogP contribution in [0.15, 0.2) is 102 Å². The fourth-order valence-corrected chi connectivity index (χ4v) is 9.75. The summed E-state index contributed by atoms with van der Waals surface area (Å²) in [4.78, 5) is 30.1. The molecule has 0 saturated heterocycles. The van der Waals surface area contributed by atoms with Gasteiger partial charge in [0.2, 0.25) is 0 Å². The summed E-state index contributed by atoms with van der Waals surface area (Å²) >= 11 is 8.13. The summed E-state index contributed by atoms with van der Waals surface area (Å²) in [7, 11) is 0. The molecule has 0 spiro atoms. The number of nitrogens with zero attached hydrogens (tertiary/aromatic N) is 11. The Balaban J connectivity index is 0.000000478. The molecule has 0 fully saturated rings. The Morgan fingerprint density at radius 3 is 1.28 bits per heavy atom. The topological polar surface area (TPSA) is 181 Å². The molecular weight excluding hydrogens is 1160 g/mol. The second-order valence-electron chi connectivity index (χ2n) is 29.5. The van der Waals surface area contributed by atoms with Crippen LogP contribution in [0.5, 0.6) is 0 Å². The Bertz CT molecular complexity index is 2750. The van der Waals surface area contributed by atoms with E-state index in [2.05, 4.69) is 258 Å². The predicted octanol–water partition coefficient (Wildman–Crippen LogP) is 20.2. The van der Waals surface area contributed by atoms with E-state index in [0.717, 1.165) is 40.2 Å². The van der Waals surface area contributed by atoms with Gasteiger partial charge in [0.1, 0.15) is 17.8 Å². The van der Waals surface area contributed by atoms with Crippen LogP contribution in [0.25, 0.3) is 0 Å². The van der Waals surface area contributed by atoms with E-state index in [1.54, 1.807) is 71.3 Å². The fourth-order valence-electron chi connectivity index (χ4n) is 5.97. The fraction of sp³-hybridized carbons (Fsp3) is 0.591. The maximum Gasteiger partial charge on any atom is 0.199 e. The van der Waals surface area contributed by atoms with Gasteiger partial charge in [0.25, 0.3) is 0 Å². The molecule has 0 atom stereocenters. The zero-order valence-electron chi connectivity index (χ0n) is 57.3. The second kappa shape index (κ2) is 33.8. The monoisotopic (exact) mass is 1260 g/mol. The van der Waals surface area contributed by atoms with E-state index in [0.29, 0.717) is 0 Å². The maximum absolute atomic E-state index is 5.09. The highest BCUT2D eigenvalue weighted by molar-refractivity contribution is 7.10. The van der Waals surface area contributed by atoms with Crippen molar-refractivity contribution in [1.82, 2.24) is 54.0 Å². The highest BCUT2D eigenvalue weighted by Crippen LogP contribution is 2.29. The average Bonchev–Trinajstić information content (AvgIpc) is 4.47. The van der Waals surface area contributed by atoms with Crippen LogP contribution in [0.4, 0.5) is 0 Å². The molecule has 0 aliphatic rings. The van der Waals surface area contributed by atoms with Crippen LogP contribution >= 0.6 is 57.1 Å². The van der Waals surface area contributed by atoms with E-state index in [9.17, 15) is 0 Å². The lowest BCUT2D eigenvalue weighted by atomic mass is 9.93. The SMILES string of the molecule is CC(C)(C)c1ccsn1.CC(C)(C)c1cnccn1.CC(C)(C)c1cnco1.CC(C)(C)c1cscn1.CC(C)(C)c1ncco1.CC(C)(C)c1nccs1.Cc1cc(C(C)(C)C)on1.Cc1csc(C(C)(C)C)n1.Cc1nnsc1C(C)(C)C. The van der Waals surface area contributed by atoms with Crippen LogP contribution in [0, 0.1) is 20.8 Å². The van der Waals surface area contributed by atoms with Gasteiger partial charge in [-0.25, -0.2) is 24.9 Å². The maximum atomic E-state index is 5.09. The number of thiazole rings is 3. The molecule has 0 aliphatic carbocycles. The molecule has 0 aromatic carbocycles. The number of oxazole rings is 2. The van der Waals surface area contributed by atoms with Crippen LogP contribution < -0.4 is 0 Å². The minimum atomic E-state index is 0.0451. The number of aromatic nitrogens is 11. The third kappa shape index (κ3) is 32.4. The van der Waals surface area contributed by atoms with Gasteiger partial charge >= 0.3 is 0 Å². The predicted molar refractivity (Wildman–Crippen MR) is 362 cm³/mol. The number of rotatable bonds is 0. The summed E-state index contributed by atoms with van der Waals surface area (Å²) in [5.74, 6) is 2.68. The molecule has 19 heteroatoms. The summed E-state index contributed by atoms with van der Waals surface area (Å²) in [6, 6.07) is 4.05. The molecule has 9 aromatic heterocycles. The van der Waals surface area contributed by atoms with Crippen LogP contribution in [0.3, 0.4) is 0 Å². The quantitative estimate of drug-likeness (QED) is 0.140. The molecule has 0 aliphatic heterocycles. The molecule has 472 valence electrons. The van der Waals surface area contributed by atoms with Gasteiger partial charge in [-0.1, -0.05) is 197 Å². The molecule has 9 rings (SSSR count). The third-order valence-electron chi connectivity index (χ3n) is 11.0. The second-order valence-corrected chi connectivity index (χ2v) is 33.3.